The highest BCUT2D eigenvalue weighted by atomic mass is 19.4. The second kappa shape index (κ2) is 7.83. The third-order valence-electron chi connectivity index (χ3n) is 4.13. The molecule has 1 amide bonds. The van der Waals surface area contributed by atoms with E-state index in [4.69, 9.17) is 4.74 Å². The maximum Gasteiger partial charge on any atom is 0.416 e. The van der Waals surface area contributed by atoms with E-state index in [-0.39, 0.29) is 17.0 Å². The van der Waals surface area contributed by atoms with E-state index in [1.807, 2.05) is 13.0 Å². The number of aromatic nitrogens is 1. The predicted molar refractivity (Wildman–Crippen MR) is 102 cm³/mol. The number of aryl methyl sites for hydroxylation is 2. The van der Waals surface area contributed by atoms with Gasteiger partial charge in [0, 0.05) is 18.0 Å². The predicted octanol–water partition coefficient (Wildman–Crippen LogP) is 5.06. The van der Waals surface area contributed by atoms with E-state index in [1.165, 1.54) is 12.3 Å². The Morgan fingerprint density at radius 1 is 1.00 bits per heavy atom. The normalized spacial score (nSPS) is 11.2. The molecule has 0 fully saturated rings. The molecule has 3 rings (SSSR count). The van der Waals surface area contributed by atoms with Gasteiger partial charge in [0.05, 0.1) is 11.1 Å². The third-order valence-corrected chi connectivity index (χ3v) is 4.13. The smallest absolute Gasteiger partial charge is 0.416 e. The van der Waals surface area contributed by atoms with Gasteiger partial charge in [-0.2, -0.15) is 13.2 Å². The molecule has 0 unspecified atom stereocenters. The molecule has 2 N–H and O–H groups in total. The SMILES string of the molecule is Cc1ccc(Oc2ccc(C(F)(F)F)cc2C(=O)Nc2cc[nH]c(=O)c2)c(C)c1. The molecule has 0 atom stereocenters. The van der Waals surface area contributed by atoms with Crippen LogP contribution in [0.3, 0.4) is 0 Å². The van der Waals surface area contributed by atoms with Crippen LogP contribution in [0.1, 0.15) is 27.0 Å². The molecule has 5 nitrogen and oxygen atoms in total. The molecule has 1 aromatic heterocycles. The highest BCUT2D eigenvalue weighted by Gasteiger charge is 2.32. The van der Waals surface area contributed by atoms with E-state index in [0.29, 0.717) is 5.75 Å². The average molecular weight is 402 g/mol. The van der Waals surface area contributed by atoms with Crippen molar-refractivity contribution in [3.8, 4) is 11.5 Å². The lowest BCUT2D eigenvalue weighted by atomic mass is 10.1. The standard InChI is InChI=1S/C21H17F3N2O3/c1-12-3-5-17(13(2)9-12)29-18-6-4-14(21(22,23)24)10-16(18)20(28)26-15-7-8-25-19(27)11-15/h3-11H,1-2H3,(H2,25,26,27,28). The van der Waals surface area contributed by atoms with Gasteiger partial charge in [0.15, 0.2) is 0 Å². The minimum Gasteiger partial charge on any atom is -0.456 e. The van der Waals surface area contributed by atoms with Crippen molar-refractivity contribution in [2.24, 2.45) is 0 Å². The Kier molecular flexibility index (Phi) is 5.45. The van der Waals surface area contributed by atoms with Crippen LogP contribution >= 0.6 is 0 Å². The zero-order chi connectivity index (χ0) is 21.2. The molecule has 0 spiro atoms. The van der Waals surface area contributed by atoms with E-state index in [0.717, 1.165) is 35.4 Å². The summed E-state index contributed by atoms with van der Waals surface area (Å²) in [6, 6.07) is 10.5. The average Bonchev–Trinajstić information content (AvgIpc) is 2.63. The summed E-state index contributed by atoms with van der Waals surface area (Å²) in [7, 11) is 0. The summed E-state index contributed by atoms with van der Waals surface area (Å²) in [6.07, 6.45) is -3.31. The molecule has 0 aliphatic heterocycles. The quantitative estimate of drug-likeness (QED) is 0.641. The fraction of sp³-hybridized carbons (Fsp3) is 0.143. The number of hydrogen-bond acceptors (Lipinski definition) is 3. The van der Waals surface area contributed by atoms with Crippen molar-refractivity contribution >= 4 is 11.6 Å². The number of halogens is 3. The minimum absolute atomic E-state index is 0.0349. The molecule has 1 heterocycles. The Hall–Kier alpha value is -3.55. The summed E-state index contributed by atoms with van der Waals surface area (Å²) >= 11 is 0. The number of rotatable bonds is 4. The van der Waals surface area contributed by atoms with E-state index in [1.54, 1.807) is 19.1 Å². The zero-order valence-corrected chi connectivity index (χ0v) is 15.6. The van der Waals surface area contributed by atoms with Gasteiger partial charge in [-0.3, -0.25) is 9.59 Å². The van der Waals surface area contributed by atoms with Crippen LogP contribution in [0, 0.1) is 13.8 Å². The summed E-state index contributed by atoms with van der Waals surface area (Å²) in [6.45, 7) is 3.69. The number of ether oxygens (including phenoxy) is 1. The molecule has 29 heavy (non-hydrogen) atoms. The Bertz CT molecular complexity index is 1120. The van der Waals surface area contributed by atoms with Crippen LogP contribution in [-0.2, 0) is 6.18 Å². The number of H-pyrrole nitrogens is 1. The van der Waals surface area contributed by atoms with Gasteiger partial charge in [0.1, 0.15) is 11.5 Å². The van der Waals surface area contributed by atoms with Crippen molar-refractivity contribution in [1.82, 2.24) is 4.98 Å². The van der Waals surface area contributed by atoms with Gasteiger partial charge >= 0.3 is 6.18 Å². The highest BCUT2D eigenvalue weighted by molar-refractivity contribution is 6.06. The first-order chi connectivity index (χ1) is 13.6. The van der Waals surface area contributed by atoms with Gasteiger partial charge in [-0.25, -0.2) is 0 Å². The monoisotopic (exact) mass is 402 g/mol. The number of hydrogen-bond donors (Lipinski definition) is 2. The molecule has 0 saturated carbocycles. The maximum atomic E-state index is 13.2. The Morgan fingerprint density at radius 3 is 2.38 bits per heavy atom. The molecular formula is C21H17F3N2O3. The van der Waals surface area contributed by atoms with Crippen molar-refractivity contribution in [1.29, 1.82) is 0 Å². The number of carbonyl (C=O) groups is 1. The third kappa shape index (κ3) is 4.84. The van der Waals surface area contributed by atoms with Crippen LogP contribution in [0.4, 0.5) is 18.9 Å². The molecule has 8 heteroatoms. The van der Waals surface area contributed by atoms with Gasteiger partial charge in [-0.05, 0) is 49.7 Å². The summed E-state index contributed by atoms with van der Waals surface area (Å²) in [5, 5.41) is 2.42. The summed E-state index contributed by atoms with van der Waals surface area (Å²) in [5.74, 6) is -0.450. The molecule has 0 saturated heterocycles. The van der Waals surface area contributed by atoms with Crippen molar-refractivity contribution in [2.45, 2.75) is 20.0 Å². The molecule has 0 radical (unpaired) electrons. The summed E-state index contributed by atoms with van der Waals surface area (Å²) in [5.41, 5.74) is 0.161. The fourth-order valence-corrected chi connectivity index (χ4v) is 2.73. The number of carbonyl (C=O) groups excluding carboxylic acids is 1. The zero-order valence-electron chi connectivity index (χ0n) is 15.6. The van der Waals surface area contributed by atoms with Crippen molar-refractivity contribution in [2.75, 3.05) is 5.32 Å². The second-order valence-corrected chi connectivity index (χ2v) is 6.48. The minimum atomic E-state index is -4.63. The number of benzene rings is 2. The molecular weight excluding hydrogens is 385 g/mol. The van der Waals surface area contributed by atoms with Gasteiger partial charge in [-0.1, -0.05) is 17.7 Å². The Labute approximate surface area is 164 Å². The van der Waals surface area contributed by atoms with Crippen LogP contribution in [0.2, 0.25) is 0 Å². The molecule has 0 aliphatic carbocycles. The number of aromatic amines is 1. The highest BCUT2D eigenvalue weighted by Crippen LogP contribution is 2.35. The van der Waals surface area contributed by atoms with Crippen molar-refractivity contribution < 1.29 is 22.7 Å². The first-order valence-electron chi connectivity index (χ1n) is 8.60. The first kappa shape index (κ1) is 20.2. The Morgan fingerprint density at radius 2 is 1.72 bits per heavy atom. The Balaban J connectivity index is 2.01. The molecule has 2 aromatic carbocycles. The lowest BCUT2D eigenvalue weighted by Gasteiger charge is -2.15. The second-order valence-electron chi connectivity index (χ2n) is 6.48. The van der Waals surface area contributed by atoms with Crippen LogP contribution in [0.15, 0.2) is 59.5 Å². The van der Waals surface area contributed by atoms with Gasteiger partial charge in [-0.15, -0.1) is 0 Å². The maximum absolute atomic E-state index is 13.2. The summed E-state index contributed by atoms with van der Waals surface area (Å²) in [4.78, 5) is 26.5. The number of amides is 1. The van der Waals surface area contributed by atoms with Gasteiger partial charge < -0.3 is 15.0 Å². The molecule has 3 aromatic rings. The largest absolute Gasteiger partial charge is 0.456 e. The lowest BCUT2D eigenvalue weighted by molar-refractivity contribution is -0.137. The number of alkyl halides is 3. The number of pyridine rings is 1. The van der Waals surface area contributed by atoms with Crippen LogP contribution in [0.25, 0.3) is 0 Å². The lowest BCUT2D eigenvalue weighted by Crippen LogP contribution is -2.16. The molecule has 150 valence electrons. The molecule has 0 bridgehead atoms. The van der Waals surface area contributed by atoms with Gasteiger partial charge in [0.2, 0.25) is 5.56 Å². The van der Waals surface area contributed by atoms with Crippen molar-refractivity contribution in [3.05, 3.63) is 87.3 Å². The first-order valence-corrected chi connectivity index (χ1v) is 8.60. The van der Waals surface area contributed by atoms with E-state index in [9.17, 15) is 22.8 Å². The van der Waals surface area contributed by atoms with Crippen LogP contribution < -0.4 is 15.6 Å². The van der Waals surface area contributed by atoms with E-state index < -0.39 is 23.2 Å². The van der Waals surface area contributed by atoms with E-state index in [2.05, 4.69) is 10.3 Å². The van der Waals surface area contributed by atoms with Crippen molar-refractivity contribution in [3.63, 3.8) is 0 Å². The number of anilines is 1. The van der Waals surface area contributed by atoms with Gasteiger partial charge in [0.25, 0.3) is 5.91 Å². The topological polar surface area (TPSA) is 71.2 Å². The summed E-state index contributed by atoms with van der Waals surface area (Å²) < 4.78 is 45.2. The van der Waals surface area contributed by atoms with E-state index >= 15 is 0 Å². The molecule has 0 aliphatic rings. The fourth-order valence-electron chi connectivity index (χ4n) is 2.73. The van der Waals surface area contributed by atoms with Crippen LogP contribution in [0.5, 0.6) is 11.5 Å². The number of nitrogens with one attached hydrogen (secondary N) is 2. The van der Waals surface area contributed by atoms with Crippen LogP contribution in [-0.4, -0.2) is 10.9 Å².